The molecule has 0 saturated heterocycles. The number of nitrogens with one attached hydrogen (secondary N) is 1. The van der Waals surface area contributed by atoms with Crippen molar-refractivity contribution in [1.82, 2.24) is 4.98 Å². The molecule has 0 amide bonds. The van der Waals surface area contributed by atoms with Crippen molar-refractivity contribution in [3.8, 4) is 5.75 Å². The standard InChI is InChI=1S/C18H23N3O2/c1-13-18(23)16(15(12-22)9-20-13)10-19-11-17(21(2)3)14-7-5-4-6-8-14/h4-10,17,22-23H,11-12H2,1-3H3/p+1/t17-/m0/s1. The lowest BCUT2D eigenvalue weighted by molar-refractivity contribution is -0.890. The fourth-order valence-corrected chi connectivity index (χ4v) is 2.48. The second-order valence-electron chi connectivity index (χ2n) is 5.82. The van der Waals surface area contributed by atoms with Gasteiger partial charge in [-0.15, -0.1) is 0 Å². The van der Waals surface area contributed by atoms with Crippen LogP contribution in [0.2, 0.25) is 0 Å². The van der Waals surface area contributed by atoms with Gasteiger partial charge in [-0.05, 0) is 6.92 Å². The molecular formula is C18H24N3O2+. The maximum Gasteiger partial charge on any atom is 0.145 e. The summed E-state index contributed by atoms with van der Waals surface area (Å²) in [5, 5.41) is 19.5. The van der Waals surface area contributed by atoms with Crippen molar-refractivity contribution in [3.05, 3.63) is 58.9 Å². The summed E-state index contributed by atoms with van der Waals surface area (Å²) in [5.41, 5.74) is 2.87. The number of aliphatic hydroxyl groups is 1. The Morgan fingerprint density at radius 2 is 1.96 bits per heavy atom. The number of nitrogens with zero attached hydrogens (tertiary/aromatic N) is 2. The number of hydrogen-bond acceptors (Lipinski definition) is 4. The molecule has 5 heteroatoms. The van der Waals surface area contributed by atoms with Crippen LogP contribution >= 0.6 is 0 Å². The van der Waals surface area contributed by atoms with Gasteiger partial charge in [0.25, 0.3) is 0 Å². The van der Waals surface area contributed by atoms with E-state index in [0.717, 1.165) is 0 Å². The van der Waals surface area contributed by atoms with Gasteiger partial charge in [-0.1, -0.05) is 30.3 Å². The third-order valence-electron chi connectivity index (χ3n) is 3.94. The first kappa shape index (κ1) is 17.1. The molecule has 0 fully saturated rings. The molecule has 0 aliphatic heterocycles. The lowest BCUT2D eigenvalue weighted by Gasteiger charge is -2.20. The van der Waals surface area contributed by atoms with Gasteiger partial charge in [0.2, 0.25) is 0 Å². The van der Waals surface area contributed by atoms with E-state index in [1.54, 1.807) is 19.3 Å². The van der Waals surface area contributed by atoms with E-state index in [1.807, 2.05) is 18.2 Å². The summed E-state index contributed by atoms with van der Waals surface area (Å²) >= 11 is 0. The Morgan fingerprint density at radius 1 is 1.26 bits per heavy atom. The molecule has 5 nitrogen and oxygen atoms in total. The van der Waals surface area contributed by atoms with E-state index in [4.69, 9.17) is 0 Å². The zero-order chi connectivity index (χ0) is 16.8. The highest BCUT2D eigenvalue weighted by atomic mass is 16.3. The molecule has 0 aliphatic carbocycles. The first-order valence-corrected chi connectivity index (χ1v) is 7.67. The molecule has 122 valence electrons. The number of likely N-dealkylation sites (N-methyl/N-ethyl adjacent to an activating group) is 1. The second kappa shape index (κ2) is 7.85. The van der Waals surface area contributed by atoms with Crippen molar-refractivity contribution in [3.63, 3.8) is 0 Å². The average Bonchev–Trinajstić information content (AvgIpc) is 2.55. The minimum Gasteiger partial charge on any atom is -0.505 e. The van der Waals surface area contributed by atoms with Crippen molar-refractivity contribution >= 4 is 6.21 Å². The Hall–Kier alpha value is -2.24. The minimum atomic E-state index is -0.177. The normalized spacial score (nSPS) is 12.9. The molecule has 3 N–H and O–H groups in total. The van der Waals surface area contributed by atoms with Crippen LogP contribution in [-0.4, -0.2) is 42.1 Å². The second-order valence-corrected chi connectivity index (χ2v) is 5.82. The smallest absolute Gasteiger partial charge is 0.145 e. The van der Waals surface area contributed by atoms with E-state index in [-0.39, 0.29) is 18.4 Å². The predicted molar refractivity (Wildman–Crippen MR) is 91.0 cm³/mol. The van der Waals surface area contributed by atoms with Gasteiger partial charge in [0, 0.05) is 29.1 Å². The molecule has 0 aliphatic rings. The monoisotopic (exact) mass is 314 g/mol. The van der Waals surface area contributed by atoms with Gasteiger partial charge in [0.15, 0.2) is 0 Å². The van der Waals surface area contributed by atoms with Gasteiger partial charge in [0.1, 0.15) is 11.8 Å². The van der Waals surface area contributed by atoms with Crippen LogP contribution in [0.3, 0.4) is 0 Å². The number of aromatic nitrogens is 1. The fourth-order valence-electron chi connectivity index (χ4n) is 2.48. The van der Waals surface area contributed by atoms with Crippen molar-refractivity contribution in [2.24, 2.45) is 4.99 Å². The average molecular weight is 314 g/mol. The molecule has 2 aromatic rings. The highest BCUT2D eigenvalue weighted by molar-refractivity contribution is 5.85. The lowest BCUT2D eigenvalue weighted by atomic mass is 10.1. The molecule has 1 aromatic heterocycles. The van der Waals surface area contributed by atoms with E-state index in [1.165, 1.54) is 10.5 Å². The van der Waals surface area contributed by atoms with Crippen molar-refractivity contribution in [2.75, 3.05) is 20.6 Å². The van der Waals surface area contributed by atoms with Crippen molar-refractivity contribution in [2.45, 2.75) is 19.6 Å². The van der Waals surface area contributed by atoms with Crippen LogP contribution < -0.4 is 4.90 Å². The summed E-state index contributed by atoms with van der Waals surface area (Å²) in [6.45, 7) is 2.14. The van der Waals surface area contributed by atoms with Gasteiger partial charge < -0.3 is 15.1 Å². The Morgan fingerprint density at radius 3 is 2.57 bits per heavy atom. The molecule has 2 rings (SSSR count). The van der Waals surface area contributed by atoms with Crippen LogP contribution in [0, 0.1) is 6.92 Å². The quantitative estimate of drug-likeness (QED) is 0.694. The number of aromatic hydroxyl groups is 1. The molecule has 0 saturated carbocycles. The zero-order valence-corrected chi connectivity index (χ0v) is 13.8. The first-order valence-electron chi connectivity index (χ1n) is 7.67. The maximum absolute atomic E-state index is 10.1. The lowest BCUT2D eigenvalue weighted by Crippen LogP contribution is -3.06. The highest BCUT2D eigenvalue weighted by Gasteiger charge is 2.16. The molecule has 0 radical (unpaired) electrons. The number of aryl methyl sites for hydroxylation is 1. The van der Waals surface area contributed by atoms with Crippen LogP contribution in [0.1, 0.15) is 28.4 Å². The third kappa shape index (κ3) is 4.15. The van der Waals surface area contributed by atoms with E-state index >= 15 is 0 Å². The SMILES string of the molecule is Cc1ncc(CO)c(C=NC[C@@H](c2ccccc2)[NH+](C)C)c1O. The first-order chi connectivity index (χ1) is 11.0. The van der Waals surface area contributed by atoms with Crippen molar-refractivity contribution < 1.29 is 15.1 Å². The van der Waals surface area contributed by atoms with Crippen LogP contribution in [0.15, 0.2) is 41.5 Å². The van der Waals surface area contributed by atoms with Crippen molar-refractivity contribution in [1.29, 1.82) is 0 Å². The van der Waals surface area contributed by atoms with Crippen LogP contribution in [0.25, 0.3) is 0 Å². The van der Waals surface area contributed by atoms with Crippen LogP contribution in [-0.2, 0) is 6.61 Å². The van der Waals surface area contributed by atoms with Gasteiger partial charge in [0.05, 0.1) is 32.9 Å². The summed E-state index contributed by atoms with van der Waals surface area (Å²) < 4.78 is 0. The Labute approximate surface area is 137 Å². The number of rotatable bonds is 6. The summed E-state index contributed by atoms with van der Waals surface area (Å²) in [5.74, 6) is 0.0776. The molecule has 0 spiro atoms. The van der Waals surface area contributed by atoms with E-state index in [2.05, 4.69) is 36.2 Å². The number of benzene rings is 1. The Balaban J connectivity index is 2.22. The van der Waals surface area contributed by atoms with E-state index in [0.29, 0.717) is 23.4 Å². The number of hydrogen-bond donors (Lipinski definition) is 3. The van der Waals surface area contributed by atoms with Gasteiger partial charge in [-0.3, -0.25) is 9.98 Å². The van der Waals surface area contributed by atoms with Gasteiger partial charge >= 0.3 is 0 Å². The zero-order valence-electron chi connectivity index (χ0n) is 13.8. The fraction of sp³-hybridized carbons (Fsp3) is 0.333. The van der Waals surface area contributed by atoms with E-state index < -0.39 is 0 Å². The van der Waals surface area contributed by atoms with Crippen LogP contribution in [0.4, 0.5) is 0 Å². The number of quaternary nitrogens is 1. The maximum atomic E-state index is 10.1. The number of aliphatic imine (C=N–C) groups is 1. The third-order valence-corrected chi connectivity index (χ3v) is 3.94. The molecular weight excluding hydrogens is 290 g/mol. The van der Waals surface area contributed by atoms with Gasteiger partial charge in [-0.2, -0.15) is 0 Å². The minimum absolute atomic E-state index is 0.0776. The molecule has 23 heavy (non-hydrogen) atoms. The van der Waals surface area contributed by atoms with Crippen LogP contribution in [0.5, 0.6) is 5.75 Å². The molecule has 0 unspecified atom stereocenters. The summed E-state index contributed by atoms with van der Waals surface area (Å²) in [4.78, 5) is 9.84. The molecule has 0 bridgehead atoms. The molecule has 1 aromatic carbocycles. The highest BCUT2D eigenvalue weighted by Crippen LogP contribution is 2.22. The van der Waals surface area contributed by atoms with E-state index in [9.17, 15) is 10.2 Å². The topological polar surface area (TPSA) is 70.2 Å². The Kier molecular flexibility index (Phi) is 5.84. The summed E-state index contributed by atoms with van der Waals surface area (Å²) in [6, 6.07) is 10.5. The number of pyridine rings is 1. The molecule has 1 heterocycles. The summed E-state index contributed by atoms with van der Waals surface area (Å²) in [7, 11) is 4.20. The van der Waals surface area contributed by atoms with Gasteiger partial charge in [-0.25, -0.2) is 0 Å². The summed E-state index contributed by atoms with van der Waals surface area (Å²) in [6.07, 6.45) is 3.21. The molecule has 1 atom stereocenters. The largest absolute Gasteiger partial charge is 0.505 e. The number of aliphatic hydroxyl groups excluding tert-OH is 1. The Bertz CT molecular complexity index is 669. The predicted octanol–water partition coefficient (Wildman–Crippen LogP) is 0.893.